The van der Waals surface area contributed by atoms with Crippen LogP contribution in [0, 0.1) is 10.8 Å². The molecule has 7 nitrogen and oxygen atoms in total. The summed E-state index contributed by atoms with van der Waals surface area (Å²) >= 11 is 0. The van der Waals surface area contributed by atoms with Crippen LogP contribution in [0.15, 0.2) is 24.3 Å². The largest absolute Gasteiger partial charge is 0.462 e. The summed E-state index contributed by atoms with van der Waals surface area (Å²) in [6, 6.07) is 0. The summed E-state index contributed by atoms with van der Waals surface area (Å²) in [4.78, 5) is 39.9. The third-order valence-electron chi connectivity index (χ3n) is 10.4. The summed E-state index contributed by atoms with van der Waals surface area (Å²) in [6.07, 6.45) is 37.4. The first-order valence-electron chi connectivity index (χ1n) is 22.3. The molecule has 314 valence electrons. The molecule has 0 atom stereocenters. The van der Waals surface area contributed by atoms with Crippen molar-refractivity contribution in [1.82, 2.24) is 4.90 Å². The number of cyclic esters (lactones) is 2. The van der Waals surface area contributed by atoms with Crippen molar-refractivity contribution in [2.45, 2.75) is 214 Å². The smallest absolute Gasteiger partial charge is 0.306 e. The van der Waals surface area contributed by atoms with Gasteiger partial charge in [0, 0.05) is 19.4 Å². The lowest BCUT2D eigenvalue weighted by molar-refractivity contribution is -0.152. The van der Waals surface area contributed by atoms with Gasteiger partial charge in [0.05, 0.1) is 6.42 Å². The molecule has 1 aliphatic heterocycles. The van der Waals surface area contributed by atoms with Crippen molar-refractivity contribution in [2.24, 2.45) is 10.8 Å². The summed E-state index contributed by atoms with van der Waals surface area (Å²) in [5.41, 5.74) is -0.0304. The highest BCUT2D eigenvalue weighted by Crippen LogP contribution is 2.37. The Hall–Kier alpha value is -2.15. The van der Waals surface area contributed by atoms with Crippen molar-refractivity contribution in [2.75, 3.05) is 33.9 Å². The van der Waals surface area contributed by atoms with E-state index in [1.165, 1.54) is 64.2 Å². The van der Waals surface area contributed by atoms with Gasteiger partial charge in [-0.2, -0.15) is 0 Å². The molecule has 0 saturated heterocycles. The van der Waals surface area contributed by atoms with E-state index in [4.69, 9.17) is 14.2 Å². The standard InChI is InChI=1S/C47H85NO6/c1-46(2,40-47(3,4)41-48(5)6)39-45(51)54-42-33-27-21-19-23-29-35-43(49)52-37-31-25-17-15-13-11-9-7-8-10-12-14-16-18-26-32-38-53-44(50)36-30-24-20-22-28-34-42/h25-26,31-32,42H,7-24,27-30,33-41H2,1-6H3/b31-25-,32-26-. The molecule has 0 radical (unpaired) electrons. The molecule has 0 saturated carbocycles. The lowest BCUT2D eigenvalue weighted by Gasteiger charge is -2.36. The number of ether oxygens (including phenoxy) is 3. The van der Waals surface area contributed by atoms with Crippen molar-refractivity contribution in [1.29, 1.82) is 0 Å². The minimum atomic E-state index is -0.138. The van der Waals surface area contributed by atoms with E-state index in [-0.39, 0.29) is 34.8 Å². The molecular formula is C47H85NO6. The van der Waals surface area contributed by atoms with E-state index in [9.17, 15) is 14.4 Å². The summed E-state index contributed by atoms with van der Waals surface area (Å²) in [7, 11) is 4.20. The first kappa shape index (κ1) is 49.9. The highest BCUT2D eigenvalue weighted by molar-refractivity contribution is 5.70. The number of hydrogen-bond acceptors (Lipinski definition) is 7. The van der Waals surface area contributed by atoms with Gasteiger partial charge < -0.3 is 19.1 Å². The maximum atomic E-state index is 13.3. The molecule has 0 bridgehead atoms. The quantitative estimate of drug-likeness (QED) is 0.145. The molecule has 1 aliphatic rings. The molecule has 0 aromatic rings. The molecule has 54 heavy (non-hydrogen) atoms. The van der Waals surface area contributed by atoms with E-state index in [2.05, 4.69) is 58.8 Å². The monoisotopic (exact) mass is 760 g/mol. The number of hydrogen-bond donors (Lipinski definition) is 0. The summed E-state index contributed by atoms with van der Waals surface area (Å²) < 4.78 is 17.0. The van der Waals surface area contributed by atoms with Crippen molar-refractivity contribution in [3.8, 4) is 0 Å². The molecule has 0 unspecified atom stereocenters. The highest BCUT2D eigenvalue weighted by Gasteiger charge is 2.32. The van der Waals surface area contributed by atoms with E-state index >= 15 is 0 Å². The number of carbonyl (C=O) groups excluding carboxylic acids is 3. The van der Waals surface area contributed by atoms with Crippen LogP contribution in [0.3, 0.4) is 0 Å². The lowest BCUT2D eigenvalue weighted by Crippen LogP contribution is -2.34. The van der Waals surface area contributed by atoms with Crippen molar-refractivity contribution < 1.29 is 28.6 Å². The van der Waals surface area contributed by atoms with E-state index in [0.29, 0.717) is 32.5 Å². The molecule has 0 spiro atoms. The van der Waals surface area contributed by atoms with Gasteiger partial charge >= 0.3 is 17.9 Å². The minimum Gasteiger partial charge on any atom is -0.462 e. The van der Waals surface area contributed by atoms with Crippen LogP contribution < -0.4 is 0 Å². The predicted molar refractivity (Wildman–Crippen MR) is 225 cm³/mol. The van der Waals surface area contributed by atoms with E-state index < -0.39 is 0 Å². The maximum Gasteiger partial charge on any atom is 0.306 e. The maximum absolute atomic E-state index is 13.3. The number of rotatable bonds is 7. The number of allylic oxidation sites excluding steroid dienone is 2. The second kappa shape index (κ2) is 32.0. The average Bonchev–Trinajstić information content (AvgIpc) is 3.07. The zero-order valence-corrected chi connectivity index (χ0v) is 36.2. The van der Waals surface area contributed by atoms with E-state index in [1.807, 2.05) is 12.2 Å². The van der Waals surface area contributed by atoms with Crippen molar-refractivity contribution in [3.05, 3.63) is 24.3 Å². The SMILES string of the molecule is CN(C)CC(C)(C)CC(C)(C)CC(=O)OC1CCCCCCCC(=O)OC/C=C\CCCCCCCCCCCC/C=C\COC(=O)CCCCCCC1. The summed E-state index contributed by atoms with van der Waals surface area (Å²) in [5, 5.41) is 0. The number of carbonyl (C=O) groups is 3. The second-order valence-electron chi connectivity index (χ2n) is 18.1. The van der Waals surface area contributed by atoms with E-state index in [1.54, 1.807) is 0 Å². The zero-order chi connectivity index (χ0) is 39.8. The van der Waals surface area contributed by atoms with Gasteiger partial charge in [-0.3, -0.25) is 14.4 Å². The Balaban J connectivity index is 2.59. The average molecular weight is 760 g/mol. The van der Waals surface area contributed by atoms with Gasteiger partial charge in [-0.05, 0) is 95.6 Å². The molecule has 7 heteroatoms. The van der Waals surface area contributed by atoms with Crippen LogP contribution in [0.25, 0.3) is 0 Å². The first-order chi connectivity index (χ1) is 25.9. The van der Waals surface area contributed by atoms with Crippen LogP contribution in [0.5, 0.6) is 0 Å². The molecule has 0 amide bonds. The van der Waals surface area contributed by atoms with Gasteiger partial charge in [0.25, 0.3) is 0 Å². The fourth-order valence-electron chi connectivity index (χ4n) is 8.23. The van der Waals surface area contributed by atoms with Gasteiger partial charge in [0.1, 0.15) is 19.3 Å². The Morgan fingerprint density at radius 2 is 0.981 bits per heavy atom. The van der Waals surface area contributed by atoms with Gasteiger partial charge in [-0.1, -0.05) is 142 Å². The number of nitrogens with zero attached hydrogens (tertiary/aromatic N) is 1. The third-order valence-corrected chi connectivity index (χ3v) is 10.4. The van der Waals surface area contributed by atoms with E-state index in [0.717, 1.165) is 103 Å². The molecular weight excluding hydrogens is 675 g/mol. The molecule has 0 fully saturated rings. The Morgan fingerprint density at radius 1 is 0.593 bits per heavy atom. The molecule has 0 N–H and O–H groups in total. The Bertz CT molecular complexity index is 962. The van der Waals surface area contributed by atoms with Crippen molar-refractivity contribution in [3.63, 3.8) is 0 Å². The van der Waals surface area contributed by atoms with Crippen LogP contribution in [0.2, 0.25) is 0 Å². The normalized spacial score (nSPS) is 21.6. The van der Waals surface area contributed by atoms with Crippen LogP contribution >= 0.6 is 0 Å². The molecule has 1 heterocycles. The van der Waals surface area contributed by atoms with Crippen LogP contribution in [-0.4, -0.2) is 62.8 Å². The predicted octanol–water partition coefficient (Wildman–Crippen LogP) is 12.6. The third kappa shape index (κ3) is 32.1. The molecule has 0 aromatic carbocycles. The number of esters is 3. The molecule has 0 aromatic heterocycles. The van der Waals surface area contributed by atoms with Crippen LogP contribution in [0.1, 0.15) is 207 Å². The van der Waals surface area contributed by atoms with Crippen LogP contribution in [0.4, 0.5) is 0 Å². The lowest BCUT2D eigenvalue weighted by atomic mass is 9.73. The van der Waals surface area contributed by atoms with Gasteiger partial charge in [0.2, 0.25) is 0 Å². The Morgan fingerprint density at radius 3 is 1.41 bits per heavy atom. The highest BCUT2D eigenvalue weighted by atomic mass is 16.5. The Kier molecular flexibility index (Phi) is 29.5. The minimum absolute atomic E-state index is 0.0598. The first-order valence-corrected chi connectivity index (χ1v) is 22.3. The van der Waals surface area contributed by atoms with Crippen molar-refractivity contribution >= 4 is 17.9 Å². The second-order valence-corrected chi connectivity index (χ2v) is 18.1. The summed E-state index contributed by atoms with van der Waals surface area (Å²) in [6.45, 7) is 10.7. The van der Waals surface area contributed by atoms with Gasteiger partial charge in [0.15, 0.2) is 0 Å². The fraction of sp³-hybridized carbons (Fsp3) is 0.851. The fourth-order valence-corrected chi connectivity index (χ4v) is 8.23. The van der Waals surface area contributed by atoms with Crippen LogP contribution in [-0.2, 0) is 28.6 Å². The Labute approximate surface area is 333 Å². The van der Waals surface area contributed by atoms with Gasteiger partial charge in [-0.15, -0.1) is 0 Å². The molecule has 1 rings (SSSR count). The molecule has 0 aliphatic carbocycles. The van der Waals surface area contributed by atoms with Gasteiger partial charge in [-0.25, -0.2) is 0 Å². The zero-order valence-electron chi connectivity index (χ0n) is 36.2. The topological polar surface area (TPSA) is 82.1 Å². The summed E-state index contributed by atoms with van der Waals surface area (Å²) in [5.74, 6) is -0.284.